The Morgan fingerprint density at radius 3 is 2.94 bits per heavy atom. The quantitative estimate of drug-likeness (QED) is 0.759. The van der Waals surface area contributed by atoms with Gasteiger partial charge in [0.2, 0.25) is 5.95 Å². The van der Waals surface area contributed by atoms with Gasteiger partial charge in [-0.2, -0.15) is 4.98 Å². The van der Waals surface area contributed by atoms with E-state index in [4.69, 9.17) is 11.6 Å². The molecular weight excluding hydrogens is 244 g/mol. The van der Waals surface area contributed by atoms with E-state index in [-0.39, 0.29) is 22.3 Å². The summed E-state index contributed by atoms with van der Waals surface area (Å²) < 4.78 is 0. The van der Waals surface area contributed by atoms with Gasteiger partial charge in [0.25, 0.3) is 5.91 Å². The zero-order valence-electron chi connectivity index (χ0n) is 8.86. The number of hydrogen-bond acceptors (Lipinski definition) is 4. The number of benzene rings is 1. The molecule has 0 aliphatic carbocycles. The number of nitrogens with one attached hydrogen (secondary N) is 2. The average Bonchev–Trinajstić information content (AvgIpc) is 2.67. The molecule has 0 aliphatic rings. The lowest BCUT2D eigenvalue weighted by atomic mass is 10.2. The molecule has 0 saturated heterocycles. The first kappa shape index (κ1) is 11.4. The number of aryl methyl sites for hydroxylation is 1. The lowest BCUT2D eigenvalue weighted by Crippen LogP contribution is -2.13. The predicted octanol–water partition coefficient (Wildman–Crippen LogP) is 1.72. The highest BCUT2D eigenvalue weighted by atomic mass is 35.5. The molecule has 0 spiro atoms. The molecule has 7 heteroatoms. The first-order valence-electron chi connectivity index (χ1n) is 4.75. The van der Waals surface area contributed by atoms with Crippen LogP contribution in [-0.2, 0) is 0 Å². The second kappa shape index (κ2) is 4.42. The molecule has 0 radical (unpaired) electrons. The molecule has 2 aromatic rings. The Morgan fingerprint density at radius 2 is 2.29 bits per heavy atom. The molecule has 3 N–H and O–H groups in total. The number of amides is 1. The fraction of sp³-hybridized carbons (Fsp3) is 0.100. The monoisotopic (exact) mass is 252 g/mol. The largest absolute Gasteiger partial charge is 0.508 e. The van der Waals surface area contributed by atoms with Crippen molar-refractivity contribution in [2.45, 2.75) is 6.92 Å². The summed E-state index contributed by atoms with van der Waals surface area (Å²) >= 11 is 5.84. The number of aromatic amines is 1. The van der Waals surface area contributed by atoms with Crippen LogP contribution in [0.1, 0.15) is 16.2 Å². The molecular formula is C10H9ClN4O2. The van der Waals surface area contributed by atoms with E-state index >= 15 is 0 Å². The second-order valence-electron chi connectivity index (χ2n) is 3.36. The summed E-state index contributed by atoms with van der Waals surface area (Å²) in [6.07, 6.45) is 0. The average molecular weight is 253 g/mol. The van der Waals surface area contributed by atoms with Crippen LogP contribution < -0.4 is 5.32 Å². The first-order chi connectivity index (χ1) is 8.06. The van der Waals surface area contributed by atoms with E-state index < -0.39 is 5.91 Å². The minimum Gasteiger partial charge on any atom is -0.508 e. The summed E-state index contributed by atoms with van der Waals surface area (Å²) in [5.74, 6) is 0.227. The van der Waals surface area contributed by atoms with Gasteiger partial charge in [-0.25, -0.2) is 0 Å². The zero-order valence-corrected chi connectivity index (χ0v) is 9.62. The van der Waals surface area contributed by atoms with Crippen LogP contribution in [0.5, 0.6) is 5.75 Å². The normalized spacial score (nSPS) is 10.2. The topological polar surface area (TPSA) is 90.9 Å². The molecule has 1 aromatic heterocycles. The van der Waals surface area contributed by atoms with E-state index in [0.29, 0.717) is 5.82 Å². The van der Waals surface area contributed by atoms with Crippen molar-refractivity contribution in [3.05, 3.63) is 34.6 Å². The van der Waals surface area contributed by atoms with Crippen molar-refractivity contribution < 1.29 is 9.90 Å². The third-order valence-electron chi connectivity index (χ3n) is 2.02. The van der Waals surface area contributed by atoms with E-state index in [1.54, 1.807) is 6.92 Å². The second-order valence-corrected chi connectivity index (χ2v) is 3.77. The molecule has 88 valence electrons. The molecule has 2 rings (SSSR count). The number of phenols is 1. The Bertz CT molecular complexity index is 567. The van der Waals surface area contributed by atoms with Crippen LogP contribution in [0.3, 0.4) is 0 Å². The van der Waals surface area contributed by atoms with Gasteiger partial charge in [-0.1, -0.05) is 11.6 Å². The highest BCUT2D eigenvalue weighted by Gasteiger charge is 2.13. The molecule has 0 aliphatic heterocycles. The number of nitrogens with zero attached hydrogens (tertiary/aromatic N) is 2. The standard InChI is InChI=1S/C10H9ClN4O2/c1-5-12-10(15-14-5)13-9(17)7-4-6(16)2-3-8(7)11/h2-4,16H,1H3,(H2,12,13,14,15,17). The molecule has 1 aromatic carbocycles. The molecule has 6 nitrogen and oxygen atoms in total. The molecule has 1 amide bonds. The maximum absolute atomic E-state index is 11.8. The summed E-state index contributed by atoms with van der Waals surface area (Å²) in [5, 5.41) is 18.3. The fourth-order valence-corrected chi connectivity index (χ4v) is 1.46. The van der Waals surface area contributed by atoms with Crippen molar-refractivity contribution in [3.63, 3.8) is 0 Å². The van der Waals surface area contributed by atoms with Crippen LogP contribution in [0.15, 0.2) is 18.2 Å². The van der Waals surface area contributed by atoms with E-state index in [0.717, 1.165) is 0 Å². The highest BCUT2D eigenvalue weighted by Crippen LogP contribution is 2.21. The van der Waals surface area contributed by atoms with Crippen molar-refractivity contribution in [2.24, 2.45) is 0 Å². The van der Waals surface area contributed by atoms with Gasteiger partial charge >= 0.3 is 0 Å². The van der Waals surface area contributed by atoms with Crippen molar-refractivity contribution in [1.82, 2.24) is 15.2 Å². The van der Waals surface area contributed by atoms with E-state index in [1.165, 1.54) is 18.2 Å². The smallest absolute Gasteiger partial charge is 0.259 e. The van der Waals surface area contributed by atoms with Crippen molar-refractivity contribution >= 4 is 23.5 Å². The van der Waals surface area contributed by atoms with Gasteiger partial charge in [0.1, 0.15) is 11.6 Å². The maximum atomic E-state index is 11.8. The fourth-order valence-electron chi connectivity index (χ4n) is 1.25. The van der Waals surface area contributed by atoms with Gasteiger partial charge in [0.15, 0.2) is 0 Å². The lowest BCUT2D eigenvalue weighted by Gasteiger charge is -2.03. The van der Waals surface area contributed by atoms with Crippen LogP contribution in [0.25, 0.3) is 0 Å². The first-order valence-corrected chi connectivity index (χ1v) is 5.13. The molecule has 0 unspecified atom stereocenters. The third-order valence-corrected chi connectivity index (χ3v) is 2.35. The molecule has 0 saturated carbocycles. The van der Waals surface area contributed by atoms with Crippen molar-refractivity contribution in [3.8, 4) is 5.75 Å². The van der Waals surface area contributed by atoms with Gasteiger partial charge in [-0.05, 0) is 25.1 Å². The number of carbonyl (C=O) groups is 1. The zero-order chi connectivity index (χ0) is 12.4. The summed E-state index contributed by atoms with van der Waals surface area (Å²) in [7, 11) is 0. The molecule has 0 bridgehead atoms. The number of H-pyrrole nitrogens is 1. The number of halogens is 1. The van der Waals surface area contributed by atoms with E-state index in [1.807, 2.05) is 0 Å². The minimum absolute atomic E-state index is 0.0364. The Balaban J connectivity index is 2.22. The minimum atomic E-state index is -0.482. The summed E-state index contributed by atoms with van der Waals surface area (Å²) in [6, 6.07) is 4.11. The van der Waals surface area contributed by atoms with Crippen LogP contribution in [0.4, 0.5) is 5.95 Å². The van der Waals surface area contributed by atoms with Gasteiger partial charge in [0.05, 0.1) is 10.6 Å². The molecule has 17 heavy (non-hydrogen) atoms. The van der Waals surface area contributed by atoms with E-state index in [2.05, 4.69) is 20.5 Å². The Kier molecular flexibility index (Phi) is 2.97. The van der Waals surface area contributed by atoms with Crippen LogP contribution >= 0.6 is 11.6 Å². The summed E-state index contributed by atoms with van der Waals surface area (Å²) in [5.41, 5.74) is 0.161. The molecule has 1 heterocycles. The Hall–Kier alpha value is -2.08. The SMILES string of the molecule is Cc1nc(NC(=O)c2cc(O)ccc2Cl)n[nH]1. The summed E-state index contributed by atoms with van der Waals surface area (Å²) in [6.45, 7) is 1.71. The van der Waals surface area contributed by atoms with Crippen LogP contribution in [0.2, 0.25) is 5.02 Å². The Morgan fingerprint density at radius 1 is 1.53 bits per heavy atom. The highest BCUT2D eigenvalue weighted by molar-refractivity contribution is 6.34. The van der Waals surface area contributed by atoms with Gasteiger partial charge < -0.3 is 5.11 Å². The van der Waals surface area contributed by atoms with Crippen LogP contribution in [-0.4, -0.2) is 26.2 Å². The lowest BCUT2D eigenvalue weighted by molar-refractivity contribution is 0.102. The van der Waals surface area contributed by atoms with Gasteiger partial charge in [-0.15, -0.1) is 5.10 Å². The molecule has 0 atom stereocenters. The van der Waals surface area contributed by atoms with E-state index in [9.17, 15) is 9.90 Å². The number of rotatable bonds is 2. The van der Waals surface area contributed by atoms with Gasteiger partial charge in [-0.3, -0.25) is 15.2 Å². The molecule has 0 fully saturated rings. The maximum Gasteiger partial charge on any atom is 0.259 e. The Labute approximate surface area is 102 Å². The summed E-state index contributed by atoms with van der Waals surface area (Å²) in [4.78, 5) is 15.7. The number of aromatic nitrogens is 3. The number of carbonyl (C=O) groups excluding carboxylic acids is 1. The third kappa shape index (κ3) is 2.54. The number of aromatic hydroxyl groups is 1. The number of hydrogen-bond donors (Lipinski definition) is 3. The van der Waals surface area contributed by atoms with Crippen molar-refractivity contribution in [2.75, 3.05) is 5.32 Å². The van der Waals surface area contributed by atoms with Crippen LogP contribution in [0, 0.1) is 6.92 Å². The predicted molar refractivity (Wildman–Crippen MR) is 62.2 cm³/mol. The van der Waals surface area contributed by atoms with Crippen molar-refractivity contribution in [1.29, 1.82) is 0 Å². The number of anilines is 1. The van der Waals surface area contributed by atoms with Gasteiger partial charge in [0, 0.05) is 0 Å². The number of phenolic OH excluding ortho intramolecular Hbond substituents is 1.